The first-order chi connectivity index (χ1) is 8.97. The molecule has 0 spiro atoms. The van der Waals surface area contributed by atoms with E-state index in [4.69, 9.17) is 0 Å². The Hall–Kier alpha value is -2.24. The number of H-pyrrole nitrogens is 1. The minimum atomic E-state index is -0.538. The Balaban J connectivity index is 2.27. The van der Waals surface area contributed by atoms with Gasteiger partial charge in [0.1, 0.15) is 5.82 Å². The number of nitrogens with zero attached hydrogens (tertiary/aromatic N) is 2. The van der Waals surface area contributed by atoms with Crippen molar-refractivity contribution in [2.45, 2.75) is 26.8 Å². The van der Waals surface area contributed by atoms with Gasteiger partial charge in [-0.3, -0.25) is 4.79 Å². The van der Waals surface area contributed by atoms with Gasteiger partial charge in [0.15, 0.2) is 0 Å². The molecule has 6 heteroatoms. The molecule has 19 heavy (non-hydrogen) atoms. The number of aromatic amines is 1. The van der Waals surface area contributed by atoms with Crippen LogP contribution >= 0.6 is 0 Å². The van der Waals surface area contributed by atoms with E-state index in [1.54, 1.807) is 19.9 Å². The van der Waals surface area contributed by atoms with E-state index < -0.39 is 5.95 Å². The van der Waals surface area contributed by atoms with Crippen molar-refractivity contribution in [2.24, 2.45) is 0 Å². The molecule has 2 aromatic heterocycles. The first-order valence-electron chi connectivity index (χ1n) is 5.93. The number of pyridine rings is 1. The lowest BCUT2D eigenvalue weighted by Gasteiger charge is -2.16. The van der Waals surface area contributed by atoms with Gasteiger partial charge < -0.3 is 10.3 Å². The SMILES string of the molecule is Cc1nc(C)c(C(C)Nc2ccc(F)nc2)c(=O)[nH]1. The van der Waals surface area contributed by atoms with Gasteiger partial charge in [-0.25, -0.2) is 9.97 Å². The Labute approximate surface area is 109 Å². The third-order valence-electron chi connectivity index (χ3n) is 2.81. The summed E-state index contributed by atoms with van der Waals surface area (Å²) in [4.78, 5) is 22.4. The van der Waals surface area contributed by atoms with Crippen LogP contribution in [0.3, 0.4) is 0 Å². The summed E-state index contributed by atoms with van der Waals surface area (Å²) in [5.41, 5.74) is 1.72. The minimum Gasteiger partial charge on any atom is -0.377 e. The van der Waals surface area contributed by atoms with E-state index >= 15 is 0 Å². The standard InChI is InChI=1S/C13H15FN4O/c1-7-12(13(19)18-9(3)16-7)8(2)17-10-4-5-11(14)15-6-10/h4-6,8,17H,1-3H3,(H,16,18,19). The fourth-order valence-corrected chi connectivity index (χ4v) is 2.03. The van der Waals surface area contributed by atoms with E-state index in [0.717, 1.165) is 0 Å². The zero-order valence-corrected chi connectivity index (χ0v) is 11.0. The average molecular weight is 262 g/mol. The molecule has 100 valence electrons. The summed E-state index contributed by atoms with van der Waals surface area (Å²) in [5.74, 6) is 0.0473. The van der Waals surface area contributed by atoms with E-state index in [1.807, 2.05) is 6.92 Å². The van der Waals surface area contributed by atoms with Crippen molar-refractivity contribution in [1.29, 1.82) is 0 Å². The highest BCUT2D eigenvalue weighted by atomic mass is 19.1. The molecule has 0 saturated heterocycles. The van der Waals surface area contributed by atoms with Crippen LogP contribution in [-0.4, -0.2) is 15.0 Å². The molecule has 0 aliphatic heterocycles. The van der Waals surface area contributed by atoms with Crippen molar-refractivity contribution >= 4 is 5.69 Å². The van der Waals surface area contributed by atoms with Crippen LogP contribution in [0.25, 0.3) is 0 Å². The van der Waals surface area contributed by atoms with Crippen molar-refractivity contribution in [3.63, 3.8) is 0 Å². The number of anilines is 1. The molecule has 2 aromatic rings. The molecule has 1 unspecified atom stereocenters. The normalized spacial score (nSPS) is 12.2. The highest BCUT2D eigenvalue weighted by molar-refractivity contribution is 5.43. The van der Waals surface area contributed by atoms with E-state index in [0.29, 0.717) is 22.8 Å². The van der Waals surface area contributed by atoms with Crippen LogP contribution in [0.4, 0.5) is 10.1 Å². The summed E-state index contributed by atoms with van der Waals surface area (Å²) in [6, 6.07) is 2.59. The Morgan fingerprint density at radius 3 is 2.68 bits per heavy atom. The first kappa shape index (κ1) is 13.2. The van der Waals surface area contributed by atoms with Gasteiger partial charge in [-0.05, 0) is 32.9 Å². The summed E-state index contributed by atoms with van der Waals surface area (Å²) >= 11 is 0. The number of nitrogens with one attached hydrogen (secondary N) is 2. The van der Waals surface area contributed by atoms with Gasteiger partial charge in [0.25, 0.3) is 5.56 Å². The van der Waals surface area contributed by atoms with Gasteiger partial charge in [-0.2, -0.15) is 4.39 Å². The van der Waals surface area contributed by atoms with E-state index in [9.17, 15) is 9.18 Å². The Kier molecular flexibility index (Phi) is 3.59. The highest BCUT2D eigenvalue weighted by Gasteiger charge is 2.14. The largest absolute Gasteiger partial charge is 0.377 e. The predicted molar refractivity (Wildman–Crippen MR) is 70.6 cm³/mol. The summed E-state index contributed by atoms with van der Waals surface area (Å²) in [6.07, 6.45) is 1.39. The van der Waals surface area contributed by atoms with E-state index in [1.165, 1.54) is 12.3 Å². The molecule has 0 radical (unpaired) electrons. The lowest BCUT2D eigenvalue weighted by molar-refractivity contribution is 0.584. The molecule has 2 rings (SSSR count). The lowest BCUT2D eigenvalue weighted by atomic mass is 10.1. The summed E-state index contributed by atoms with van der Waals surface area (Å²) in [5, 5.41) is 3.10. The number of hydrogen-bond donors (Lipinski definition) is 2. The van der Waals surface area contributed by atoms with Gasteiger partial charge in [-0.1, -0.05) is 0 Å². The molecule has 0 aliphatic rings. The second-order valence-corrected chi connectivity index (χ2v) is 4.39. The molecule has 2 heterocycles. The van der Waals surface area contributed by atoms with Crippen LogP contribution in [0.2, 0.25) is 0 Å². The summed E-state index contributed by atoms with van der Waals surface area (Å²) in [7, 11) is 0. The molecular formula is C13H15FN4O. The fraction of sp³-hybridized carbons (Fsp3) is 0.308. The van der Waals surface area contributed by atoms with Gasteiger partial charge in [0, 0.05) is 0 Å². The molecule has 0 bridgehead atoms. The number of aryl methyl sites for hydroxylation is 2. The number of halogens is 1. The molecule has 0 aromatic carbocycles. The number of hydrogen-bond acceptors (Lipinski definition) is 4. The topological polar surface area (TPSA) is 70.7 Å². The number of aromatic nitrogens is 3. The molecule has 2 N–H and O–H groups in total. The maximum Gasteiger partial charge on any atom is 0.256 e. The van der Waals surface area contributed by atoms with Crippen LogP contribution < -0.4 is 10.9 Å². The van der Waals surface area contributed by atoms with E-state index in [-0.39, 0.29) is 11.6 Å². The minimum absolute atomic E-state index is 0.167. The fourth-order valence-electron chi connectivity index (χ4n) is 2.03. The molecule has 0 saturated carbocycles. The molecular weight excluding hydrogens is 247 g/mol. The van der Waals surface area contributed by atoms with Crippen molar-refractivity contribution in [1.82, 2.24) is 15.0 Å². The van der Waals surface area contributed by atoms with Gasteiger partial charge in [0.05, 0.1) is 29.2 Å². The summed E-state index contributed by atoms with van der Waals surface area (Å²) in [6.45, 7) is 5.37. The smallest absolute Gasteiger partial charge is 0.256 e. The van der Waals surface area contributed by atoms with Crippen LogP contribution in [0.1, 0.15) is 30.0 Å². The van der Waals surface area contributed by atoms with Crippen molar-refractivity contribution < 1.29 is 4.39 Å². The maximum atomic E-state index is 12.7. The average Bonchev–Trinajstić information content (AvgIpc) is 2.30. The monoisotopic (exact) mass is 262 g/mol. The Bertz CT molecular complexity index is 636. The zero-order chi connectivity index (χ0) is 14.0. The van der Waals surface area contributed by atoms with Gasteiger partial charge in [0.2, 0.25) is 5.95 Å². The Morgan fingerprint density at radius 2 is 2.11 bits per heavy atom. The number of rotatable bonds is 3. The highest BCUT2D eigenvalue weighted by Crippen LogP contribution is 2.17. The van der Waals surface area contributed by atoms with Crippen LogP contribution in [0.5, 0.6) is 0 Å². The molecule has 5 nitrogen and oxygen atoms in total. The third-order valence-corrected chi connectivity index (χ3v) is 2.81. The van der Waals surface area contributed by atoms with Gasteiger partial charge >= 0.3 is 0 Å². The van der Waals surface area contributed by atoms with Crippen molar-refractivity contribution in [3.05, 3.63) is 51.7 Å². The second-order valence-electron chi connectivity index (χ2n) is 4.39. The summed E-state index contributed by atoms with van der Waals surface area (Å²) < 4.78 is 12.7. The second kappa shape index (κ2) is 5.17. The van der Waals surface area contributed by atoms with Crippen LogP contribution in [-0.2, 0) is 0 Å². The molecule has 0 fully saturated rings. The quantitative estimate of drug-likeness (QED) is 0.831. The molecule has 0 amide bonds. The van der Waals surface area contributed by atoms with Crippen molar-refractivity contribution in [2.75, 3.05) is 5.32 Å². The lowest BCUT2D eigenvalue weighted by Crippen LogP contribution is -2.23. The third kappa shape index (κ3) is 2.96. The van der Waals surface area contributed by atoms with Crippen LogP contribution in [0, 0.1) is 19.8 Å². The van der Waals surface area contributed by atoms with Crippen molar-refractivity contribution in [3.8, 4) is 0 Å². The predicted octanol–water partition coefficient (Wildman–Crippen LogP) is 2.09. The molecule has 1 atom stereocenters. The molecule has 0 aliphatic carbocycles. The Morgan fingerprint density at radius 1 is 1.37 bits per heavy atom. The van der Waals surface area contributed by atoms with E-state index in [2.05, 4.69) is 20.3 Å². The zero-order valence-electron chi connectivity index (χ0n) is 11.0. The van der Waals surface area contributed by atoms with Crippen LogP contribution in [0.15, 0.2) is 23.1 Å². The first-order valence-corrected chi connectivity index (χ1v) is 5.93. The maximum absolute atomic E-state index is 12.7. The van der Waals surface area contributed by atoms with Gasteiger partial charge in [-0.15, -0.1) is 0 Å².